The summed E-state index contributed by atoms with van der Waals surface area (Å²) in [5, 5.41) is 4.84. The molecule has 1 aromatic carbocycles. The summed E-state index contributed by atoms with van der Waals surface area (Å²) in [5.74, 6) is 6.48. The van der Waals surface area contributed by atoms with Crippen LogP contribution in [0.2, 0.25) is 5.02 Å². The molecule has 3 N–H and O–H groups in total. The molecule has 20 heavy (non-hydrogen) atoms. The first kappa shape index (κ1) is 14.8. The Labute approximate surface area is 123 Å². The molecule has 1 heterocycles. The summed E-state index contributed by atoms with van der Waals surface area (Å²) in [5.41, 5.74) is 3.68. The summed E-state index contributed by atoms with van der Waals surface area (Å²) < 4.78 is 7.52. The van der Waals surface area contributed by atoms with Crippen LogP contribution in [0.4, 0.5) is 0 Å². The van der Waals surface area contributed by atoms with Crippen LogP contribution >= 0.6 is 11.6 Å². The molecule has 1 atom stereocenters. The SMILES string of the molecule is CCn1ncc(Cl)c1C(CCOc1ccccc1)NN. The van der Waals surface area contributed by atoms with Gasteiger partial charge in [0.2, 0.25) is 0 Å². The molecule has 0 saturated heterocycles. The molecule has 0 fully saturated rings. The monoisotopic (exact) mass is 294 g/mol. The molecule has 2 aromatic rings. The fourth-order valence-corrected chi connectivity index (χ4v) is 2.35. The Bertz CT molecular complexity index is 529. The van der Waals surface area contributed by atoms with Gasteiger partial charge in [-0.3, -0.25) is 16.0 Å². The van der Waals surface area contributed by atoms with Crippen LogP contribution in [0.3, 0.4) is 0 Å². The third-order valence-corrected chi connectivity index (χ3v) is 3.37. The number of nitrogens with two attached hydrogens (primary N) is 1. The maximum atomic E-state index is 6.17. The van der Waals surface area contributed by atoms with Crippen molar-refractivity contribution >= 4 is 11.6 Å². The van der Waals surface area contributed by atoms with E-state index in [0.29, 0.717) is 18.1 Å². The second kappa shape index (κ2) is 7.28. The van der Waals surface area contributed by atoms with Crippen molar-refractivity contribution in [1.82, 2.24) is 15.2 Å². The number of nitrogens with one attached hydrogen (secondary N) is 1. The Morgan fingerprint density at radius 3 is 2.80 bits per heavy atom. The van der Waals surface area contributed by atoms with Crippen LogP contribution in [-0.2, 0) is 6.54 Å². The molecule has 5 nitrogen and oxygen atoms in total. The average Bonchev–Trinajstić information content (AvgIpc) is 2.86. The predicted molar refractivity (Wildman–Crippen MR) is 79.5 cm³/mol. The zero-order chi connectivity index (χ0) is 14.4. The third kappa shape index (κ3) is 3.50. The van der Waals surface area contributed by atoms with E-state index in [4.69, 9.17) is 22.2 Å². The highest BCUT2D eigenvalue weighted by atomic mass is 35.5. The maximum Gasteiger partial charge on any atom is 0.119 e. The van der Waals surface area contributed by atoms with Crippen molar-refractivity contribution in [3.8, 4) is 5.75 Å². The van der Waals surface area contributed by atoms with Crippen molar-refractivity contribution in [3.63, 3.8) is 0 Å². The molecule has 0 saturated carbocycles. The third-order valence-electron chi connectivity index (χ3n) is 3.08. The van der Waals surface area contributed by atoms with Crippen LogP contribution in [0.1, 0.15) is 25.1 Å². The second-order valence-corrected chi connectivity index (χ2v) is 4.77. The van der Waals surface area contributed by atoms with E-state index < -0.39 is 0 Å². The number of hydrogen-bond donors (Lipinski definition) is 2. The van der Waals surface area contributed by atoms with Crippen LogP contribution in [0, 0.1) is 0 Å². The molecule has 2 rings (SSSR count). The van der Waals surface area contributed by atoms with Crippen molar-refractivity contribution in [2.75, 3.05) is 6.61 Å². The standard InChI is InChI=1S/C14H19ClN4O/c1-2-19-14(12(15)10-17-19)13(18-16)8-9-20-11-6-4-3-5-7-11/h3-7,10,13,18H,2,8-9,16H2,1H3. The van der Waals surface area contributed by atoms with E-state index in [2.05, 4.69) is 10.5 Å². The fourth-order valence-electron chi connectivity index (χ4n) is 2.08. The van der Waals surface area contributed by atoms with Crippen molar-refractivity contribution in [2.24, 2.45) is 5.84 Å². The van der Waals surface area contributed by atoms with Gasteiger partial charge in [-0.25, -0.2) is 0 Å². The minimum Gasteiger partial charge on any atom is -0.494 e. The molecule has 0 aliphatic heterocycles. The van der Waals surface area contributed by atoms with E-state index >= 15 is 0 Å². The summed E-state index contributed by atoms with van der Waals surface area (Å²) >= 11 is 6.17. The van der Waals surface area contributed by atoms with Crippen molar-refractivity contribution < 1.29 is 4.74 Å². The summed E-state index contributed by atoms with van der Waals surface area (Å²) in [6.07, 6.45) is 2.35. The largest absolute Gasteiger partial charge is 0.494 e. The number of nitrogens with zero attached hydrogens (tertiary/aromatic N) is 2. The Hall–Kier alpha value is -1.56. The quantitative estimate of drug-likeness (QED) is 0.608. The summed E-state index contributed by atoms with van der Waals surface area (Å²) in [6.45, 7) is 3.31. The van der Waals surface area contributed by atoms with Crippen molar-refractivity contribution in [1.29, 1.82) is 0 Å². The van der Waals surface area contributed by atoms with Crippen LogP contribution in [0.5, 0.6) is 5.75 Å². The number of aryl methyl sites for hydroxylation is 1. The Morgan fingerprint density at radius 2 is 2.15 bits per heavy atom. The van der Waals surface area contributed by atoms with Gasteiger partial charge in [-0.2, -0.15) is 5.10 Å². The van der Waals surface area contributed by atoms with Gasteiger partial charge in [-0.05, 0) is 19.1 Å². The minimum atomic E-state index is -0.0892. The smallest absolute Gasteiger partial charge is 0.119 e. The Kier molecular flexibility index (Phi) is 5.40. The number of hydrogen-bond acceptors (Lipinski definition) is 4. The van der Waals surface area contributed by atoms with Crippen molar-refractivity contribution in [2.45, 2.75) is 25.9 Å². The zero-order valence-corrected chi connectivity index (χ0v) is 12.2. The molecule has 0 radical (unpaired) electrons. The molecule has 0 bridgehead atoms. The molecule has 1 aromatic heterocycles. The van der Waals surface area contributed by atoms with Gasteiger partial charge in [0.1, 0.15) is 5.75 Å². The zero-order valence-electron chi connectivity index (χ0n) is 11.4. The molecular weight excluding hydrogens is 276 g/mol. The second-order valence-electron chi connectivity index (χ2n) is 4.36. The maximum absolute atomic E-state index is 6.17. The summed E-state index contributed by atoms with van der Waals surface area (Å²) in [4.78, 5) is 0. The first-order chi connectivity index (χ1) is 9.76. The van der Waals surface area contributed by atoms with Gasteiger partial charge >= 0.3 is 0 Å². The topological polar surface area (TPSA) is 65.1 Å². The number of benzene rings is 1. The number of halogens is 1. The highest BCUT2D eigenvalue weighted by molar-refractivity contribution is 6.31. The lowest BCUT2D eigenvalue weighted by Crippen LogP contribution is -2.31. The van der Waals surface area contributed by atoms with E-state index in [1.807, 2.05) is 41.9 Å². The van der Waals surface area contributed by atoms with Gasteiger partial charge in [0.15, 0.2) is 0 Å². The van der Waals surface area contributed by atoms with E-state index in [1.54, 1.807) is 6.20 Å². The molecular formula is C14H19ClN4O. The first-order valence-electron chi connectivity index (χ1n) is 6.61. The van der Waals surface area contributed by atoms with Crippen LogP contribution in [-0.4, -0.2) is 16.4 Å². The van der Waals surface area contributed by atoms with Gasteiger partial charge in [0.25, 0.3) is 0 Å². The van der Waals surface area contributed by atoms with Gasteiger partial charge in [-0.1, -0.05) is 29.8 Å². The van der Waals surface area contributed by atoms with E-state index in [1.165, 1.54) is 0 Å². The highest BCUT2D eigenvalue weighted by Gasteiger charge is 2.18. The summed E-state index contributed by atoms with van der Waals surface area (Å²) in [6, 6.07) is 9.60. The number of hydrazine groups is 1. The minimum absolute atomic E-state index is 0.0892. The fraction of sp³-hybridized carbons (Fsp3) is 0.357. The molecule has 0 amide bonds. The molecule has 0 spiro atoms. The van der Waals surface area contributed by atoms with E-state index in [9.17, 15) is 0 Å². The van der Waals surface area contributed by atoms with Crippen LogP contribution in [0.15, 0.2) is 36.5 Å². The summed E-state index contributed by atoms with van der Waals surface area (Å²) in [7, 11) is 0. The van der Waals surface area contributed by atoms with Gasteiger partial charge in [0, 0.05) is 13.0 Å². The molecule has 108 valence electrons. The lowest BCUT2D eigenvalue weighted by molar-refractivity contribution is 0.283. The highest BCUT2D eigenvalue weighted by Crippen LogP contribution is 2.25. The normalized spacial score (nSPS) is 12.3. The Balaban J connectivity index is 1.97. The van der Waals surface area contributed by atoms with Gasteiger partial charge in [0.05, 0.1) is 29.6 Å². The van der Waals surface area contributed by atoms with E-state index in [-0.39, 0.29) is 6.04 Å². The molecule has 6 heteroatoms. The molecule has 0 aliphatic rings. The van der Waals surface area contributed by atoms with Gasteiger partial charge in [-0.15, -0.1) is 0 Å². The van der Waals surface area contributed by atoms with E-state index in [0.717, 1.165) is 18.0 Å². The Morgan fingerprint density at radius 1 is 1.40 bits per heavy atom. The van der Waals surface area contributed by atoms with Gasteiger partial charge < -0.3 is 4.74 Å². The first-order valence-corrected chi connectivity index (χ1v) is 6.99. The number of para-hydroxylation sites is 1. The lowest BCUT2D eigenvalue weighted by atomic mass is 10.1. The molecule has 1 unspecified atom stereocenters. The number of rotatable bonds is 7. The van der Waals surface area contributed by atoms with Crippen LogP contribution in [0.25, 0.3) is 0 Å². The lowest BCUT2D eigenvalue weighted by Gasteiger charge is -2.18. The van der Waals surface area contributed by atoms with Crippen LogP contribution < -0.4 is 16.0 Å². The average molecular weight is 295 g/mol. The number of aromatic nitrogens is 2. The molecule has 0 aliphatic carbocycles. The predicted octanol–water partition coefficient (Wildman–Crippen LogP) is 2.53. The number of ether oxygens (including phenoxy) is 1. The van der Waals surface area contributed by atoms with Crippen molar-refractivity contribution in [3.05, 3.63) is 47.2 Å².